The maximum absolute atomic E-state index is 12.7. The van der Waals surface area contributed by atoms with Crippen LogP contribution in [0.1, 0.15) is 11.1 Å². The fourth-order valence-corrected chi connectivity index (χ4v) is 2.67. The van der Waals surface area contributed by atoms with Crippen LogP contribution in [0.4, 0.5) is 5.69 Å². The number of aliphatic carboxylic acids is 1. The van der Waals surface area contributed by atoms with Crippen LogP contribution in [0.15, 0.2) is 65.3 Å². The van der Waals surface area contributed by atoms with Crippen molar-refractivity contribution in [1.82, 2.24) is 4.90 Å². The van der Waals surface area contributed by atoms with Crippen molar-refractivity contribution >= 4 is 29.5 Å². The molecule has 0 spiro atoms. The number of nitrogens with zero attached hydrogens (tertiary/aromatic N) is 3. The molecule has 0 aliphatic carbocycles. The summed E-state index contributed by atoms with van der Waals surface area (Å²) in [5, 5.41) is 9.14. The monoisotopic (exact) mass is 349 g/mol. The summed E-state index contributed by atoms with van der Waals surface area (Å²) in [6.45, 7) is -0.427. The van der Waals surface area contributed by atoms with E-state index in [2.05, 4.69) is 4.99 Å². The number of carboxylic acids is 1. The van der Waals surface area contributed by atoms with Gasteiger partial charge in [-0.3, -0.25) is 14.5 Å². The van der Waals surface area contributed by atoms with E-state index in [1.54, 1.807) is 18.2 Å². The molecule has 0 saturated heterocycles. The maximum Gasteiger partial charge on any atom is 0.323 e. The smallest absolute Gasteiger partial charge is 0.323 e. The lowest BCUT2D eigenvalue weighted by Crippen LogP contribution is -2.37. The summed E-state index contributed by atoms with van der Waals surface area (Å²) in [6, 6.07) is 16.8. The standard InChI is InChI=1S/C20H19N3O3/c1-22(2)16-10-8-14(9-11-16)12-17-20(26)23(13-18(24)25)19(21-17)15-6-4-3-5-7-15/h3-12H,13H2,1-2H3,(H,24,25)/b17-12-. The van der Waals surface area contributed by atoms with Crippen LogP contribution in [-0.4, -0.2) is 48.4 Å². The highest BCUT2D eigenvalue weighted by Crippen LogP contribution is 2.23. The Balaban J connectivity index is 1.97. The third-order valence-corrected chi connectivity index (χ3v) is 3.98. The summed E-state index contributed by atoms with van der Waals surface area (Å²) in [7, 11) is 3.91. The van der Waals surface area contributed by atoms with Gasteiger partial charge in [0, 0.05) is 25.3 Å². The van der Waals surface area contributed by atoms with E-state index in [-0.39, 0.29) is 5.70 Å². The lowest BCUT2D eigenvalue weighted by molar-refractivity contribution is -0.140. The molecule has 26 heavy (non-hydrogen) atoms. The van der Waals surface area contributed by atoms with E-state index in [0.29, 0.717) is 11.4 Å². The van der Waals surface area contributed by atoms with Crippen molar-refractivity contribution in [2.45, 2.75) is 0 Å². The van der Waals surface area contributed by atoms with Crippen molar-refractivity contribution in [2.75, 3.05) is 25.5 Å². The molecule has 1 amide bonds. The molecule has 0 aromatic heterocycles. The number of amidine groups is 1. The first-order valence-electron chi connectivity index (χ1n) is 8.12. The fraction of sp³-hybridized carbons (Fsp3) is 0.150. The van der Waals surface area contributed by atoms with Crippen molar-refractivity contribution in [1.29, 1.82) is 0 Å². The number of amides is 1. The van der Waals surface area contributed by atoms with Crippen LogP contribution in [0.3, 0.4) is 0 Å². The topological polar surface area (TPSA) is 73.2 Å². The molecule has 0 radical (unpaired) electrons. The molecule has 6 heteroatoms. The number of carboxylic acid groups (broad SMARTS) is 1. The van der Waals surface area contributed by atoms with Gasteiger partial charge in [-0.2, -0.15) is 0 Å². The first-order valence-corrected chi connectivity index (χ1v) is 8.12. The van der Waals surface area contributed by atoms with Gasteiger partial charge in [0.1, 0.15) is 18.1 Å². The van der Waals surface area contributed by atoms with E-state index in [1.807, 2.05) is 61.5 Å². The zero-order valence-electron chi connectivity index (χ0n) is 14.6. The average Bonchev–Trinajstić information content (AvgIpc) is 2.92. The van der Waals surface area contributed by atoms with E-state index >= 15 is 0 Å². The van der Waals surface area contributed by atoms with E-state index in [4.69, 9.17) is 5.11 Å². The number of anilines is 1. The van der Waals surface area contributed by atoms with Crippen LogP contribution < -0.4 is 4.90 Å². The molecular weight excluding hydrogens is 330 g/mol. The quantitative estimate of drug-likeness (QED) is 0.842. The van der Waals surface area contributed by atoms with Gasteiger partial charge in [0.25, 0.3) is 5.91 Å². The van der Waals surface area contributed by atoms with Gasteiger partial charge < -0.3 is 10.0 Å². The van der Waals surface area contributed by atoms with Gasteiger partial charge in [0.15, 0.2) is 0 Å². The summed E-state index contributed by atoms with van der Waals surface area (Å²) in [5.74, 6) is -1.14. The molecular formula is C20H19N3O3. The van der Waals surface area contributed by atoms with Crippen molar-refractivity contribution in [3.05, 3.63) is 71.4 Å². The molecule has 1 heterocycles. The van der Waals surface area contributed by atoms with Gasteiger partial charge in [-0.25, -0.2) is 4.99 Å². The highest BCUT2D eigenvalue weighted by atomic mass is 16.4. The Labute approximate surface area is 151 Å². The Morgan fingerprint density at radius 1 is 1.12 bits per heavy atom. The van der Waals surface area contributed by atoms with Crippen molar-refractivity contribution in [2.24, 2.45) is 4.99 Å². The zero-order chi connectivity index (χ0) is 18.7. The van der Waals surface area contributed by atoms with Gasteiger partial charge in [-0.05, 0) is 23.8 Å². The lowest BCUT2D eigenvalue weighted by Gasteiger charge is -2.15. The number of hydrogen-bond donors (Lipinski definition) is 1. The predicted molar refractivity (Wildman–Crippen MR) is 101 cm³/mol. The molecule has 0 unspecified atom stereocenters. The second-order valence-electron chi connectivity index (χ2n) is 6.10. The highest BCUT2D eigenvalue weighted by Gasteiger charge is 2.32. The summed E-state index contributed by atoms with van der Waals surface area (Å²) >= 11 is 0. The third-order valence-electron chi connectivity index (χ3n) is 3.98. The highest BCUT2D eigenvalue weighted by molar-refractivity contribution is 6.20. The van der Waals surface area contributed by atoms with Crippen LogP contribution in [0.2, 0.25) is 0 Å². The second-order valence-corrected chi connectivity index (χ2v) is 6.10. The van der Waals surface area contributed by atoms with E-state index < -0.39 is 18.4 Å². The van der Waals surface area contributed by atoms with Crippen molar-refractivity contribution in [3.8, 4) is 0 Å². The second kappa shape index (κ2) is 7.23. The molecule has 1 aliphatic heterocycles. The molecule has 0 fully saturated rings. The summed E-state index contributed by atoms with van der Waals surface area (Å²) in [4.78, 5) is 31.4. The predicted octanol–water partition coefficient (Wildman–Crippen LogP) is 2.47. The first-order chi connectivity index (χ1) is 12.5. The zero-order valence-corrected chi connectivity index (χ0v) is 14.6. The summed E-state index contributed by atoms with van der Waals surface area (Å²) in [6.07, 6.45) is 1.67. The largest absolute Gasteiger partial charge is 0.480 e. The van der Waals surface area contributed by atoms with Gasteiger partial charge in [0.2, 0.25) is 0 Å². The Morgan fingerprint density at radius 3 is 2.35 bits per heavy atom. The molecule has 3 rings (SSSR count). The number of benzene rings is 2. The van der Waals surface area contributed by atoms with Gasteiger partial charge in [-0.15, -0.1) is 0 Å². The van der Waals surface area contributed by atoms with Gasteiger partial charge in [-0.1, -0.05) is 42.5 Å². The normalized spacial score (nSPS) is 15.3. The van der Waals surface area contributed by atoms with E-state index in [0.717, 1.165) is 11.3 Å². The molecule has 0 saturated carbocycles. The number of hydrogen-bond acceptors (Lipinski definition) is 4. The van der Waals surface area contributed by atoms with Gasteiger partial charge in [0.05, 0.1) is 0 Å². The molecule has 0 atom stereocenters. The third kappa shape index (κ3) is 3.64. The van der Waals surface area contributed by atoms with Crippen LogP contribution in [0.5, 0.6) is 0 Å². The minimum absolute atomic E-state index is 0.225. The Hall–Kier alpha value is -3.41. The molecule has 6 nitrogen and oxygen atoms in total. The molecule has 2 aromatic carbocycles. The Morgan fingerprint density at radius 2 is 1.77 bits per heavy atom. The number of carbonyl (C=O) groups excluding carboxylic acids is 1. The van der Waals surface area contributed by atoms with Crippen LogP contribution in [-0.2, 0) is 9.59 Å². The van der Waals surface area contributed by atoms with Crippen molar-refractivity contribution < 1.29 is 14.7 Å². The van der Waals surface area contributed by atoms with Crippen LogP contribution in [0.25, 0.3) is 6.08 Å². The molecule has 1 aliphatic rings. The van der Waals surface area contributed by atoms with Crippen LogP contribution >= 0.6 is 0 Å². The van der Waals surface area contributed by atoms with Gasteiger partial charge >= 0.3 is 5.97 Å². The molecule has 132 valence electrons. The molecule has 0 bridgehead atoms. The minimum Gasteiger partial charge on any atom is -0.480 e. The summed E-state index contributed by atoms with van der Waals surface area (Å²) < 4.78 is 0. The first kappa shape index (κ1) is 17.4. The fourth-order valence-electron chi connectivity index (χ4n) is 2.67. The SMILES string of the molecule is CN(C)c1ccc(/C=C2\N=C(c3ccccc3)N(CC(=O)O)C2=O)cc1. The Kier molecular flexibility index (Phi) is 4.84. The minimum atomic E-state index is -1.08. The number of aliphatic imine (C=N–C) groups is 1. The lowest BCUT2D eigenvalue weighted by atomic mass is 10.1. The number of rotatable bonds is 5. The Bertz CT molecular complexity index is 884. The van der Waals surface area contributed by atoms with E-state index in [1.165, 1.54) is 4.90 Å². The number of carbonyl (C=O) groups is 2. The average molecular weight is 349 g/mol. The van der Waals surface area contributed by atoms with E-state index in [9.17, 15) is 9.59 Å². The summed E-state index contributed by atoms with van der Waals surface area (Å²) in [5.41, 5.74) is 2.80. The van der Waals surface area contributed by atoms with Crippen LogP contribution in [0, 0.1) is 0 Å². The van der Waals surface area contributed by atoms with Crippen molar-refractivity contribution in [3.63, 3.8) is 0 Å². The maximum atomic E-state index is 12.7. The molecule has 1 N–H and O–H groups in total. The molecule has 2 aromatic rings.